The maximum absolute atomic E-state index is 14.5. The normalized spacial score (nSPS) is 33.5. The second-order valence-electron chi connectivity index (χ2n) is 13.6. The van der Waals surface area contributed by atoms with Crippen LogP contribution in [-0.4, -0.2) is 98.0 Å². The molecule has 0 radical (unpaired) electrons. The van der Waals surface area contributed by atoms with Crippen LogP contribution in [-0.2, 0) is 30.4 Å². The molecule has 0 saturated carbocycles. The van der Waals surface area contributed by atoms with Crippen molar-refractivity contribution in [3.05, 3.63) is 59.2 Å². The Morgan fingerprint density at radius 3 is 2.41 bits per heavy atom. The van der Waals surface area contributed by atoms with Crippen LogP contribution in [0.3, 0.4) is 0 Å². The minimum absolute atomic E-state index is 0. The van der Waals surface area contributed by atoms with Gasteiger partial charge >= 0.3 is 0 Å². The monoisotopic (exact) mass is 649 g/mol. The quantitative estimate of drug-likeness (QED) is 0.491. The molecule has 0 aromatic heterocycles. The molecule has 246 valence electrons. The fourth-order valence-corrected chi connectivity index (χ4v) is 9.05. The Bertz CT molecular complexity index is 1510. The van der Waals surface area contributed by atoms with Gasteiger partial charge in [0.05, 0.1) is 12.1 Å². The smallest absolute Gasteiger partial charge is 0.253 e. The van der Waals surface area contributed by atoms with Crippen LogP contribution in [0.1, 0.15) is 64.9 Å². The van der Waals surface area contributed by atoms with Gasteiger partial charge in [0.2, 0.25) is 23.6 Å². The standard InChI is InChI=1S/C34H40ClN5O5.CH4/c1-20(19-22-5-2-3-6-25(22)35)30(42)38-17-4-15-34(38)16-13-24-10-12-27(40(24)33(34)45)31(43)37-18-14-21-7-8-23-9-11-26(29(36)41)39(23)32(44)28(21)37;/h2-3,5-8,13,16,20-21,23-24,26-28H,4,9-12,14-15,17-19H2,1H3,(H2,36,41);1H4/t20-,21-,23-,24-,26-,27-,28-,34+;/m0./s1. The Morgan fingerprint density at radius 2 is 1.67 bits per heavy atom. The Balaban J connectivity index is 0.00000372. The van der Waals surface area contributed by atoms with Crippen molar-refractivity contribution in [1.29, 1.82) is 0 Å². The molecule has 4 fully saturated rings. The molecule has 5 amide bonds. The van der Waals surface area contributed by atoms with Crippen LogP contribution in [0, 0.1) is 11.8 Å². The fraction of sp³-hybridized carbons (Fsp3) is 0.571. The zero-order valence-corrected chi connectivity index (χ0v) is 26.3. The summed E-state index contributed by atoms with van der Waals surface area (Å²) in [6.07, 6.45) is 12.5. The Labute approximate surface area is 275 Å². The summed E-state index contributed by atoms with van der Waals surface area (Å²) in [5, 5.41) is 0.611. The zero-order chi connectivity index (χ0) is 31.6. The summed E-state index contributed by atoms with van der Waals surface area (Å²) < 4.78 is 0. The predicted octanol–water partition coefficient (Wildman–Crippen LogP) is 3.08. The van der Waals surface area contributed by atoms with Crippen LogP contribution >= 0.6 is 11.6 Å². The van der Waals surface area contributed by atoms with Crippen LogP contribution < -0.4 is 5.73 Å². The number of halogens is 1. The van der Waals surface area contributed by atoms with Crippen molar-refractivity contribution >= 4 is 41.1 Å². The minimum Gasteiger partial charge on any atom is -0.368 e. The van der Waals surface area contributed by atoms with E-state index in [1.807, 2.05) is 55.5 Å². The summed E-state index contributed by atoms with van der Waals surface area (Å²) in [5.74, 6) is -1.85. The highest BCUT2D eigenvalue weighted by molar-refractivity contribution is 6.31. The molecule has 0 unspecified atom stereocenters. The van der Waals surface area contributed by atoms with Crippen molar-refractivity contribution in [3.8, 4) is 0 Å². The molecule has 6 aliphatic rings. The second kappa shape index (κ2) is 12.2. The molecule has 10 nitrogen and oxygen atoms in total. The SMILES string of the molecule is C.C[C@@H](Cc1ccccc1Cl)C(=O)N1CCC[C@]12C=C[C@@H]1CC[C@@H](C(=O)N3CC[C@@H]4C=C[C@H]5CC[C@@H](C(N)=O)N5C(=O)[C@H]43)N1C2=O. The number of nitrogens with zero attached hydrogens (tertiary/aromatic N) is 4. The average Bonchev–Trinajstić information content (AvgIpc) is 3.81. The number of rotatable bonds is 5. The zero-order valence-electron chi connectivity index (χ0n) is 25.5. The molecule has 6 heterocycles. The molecule has 1 spiro atoms. The lowest BCUT2D eigenvalue weighted by Crippen LogP contribution is -2.64. The van der Waals surface area contributed by atoms with Crippen molar-refractivity contribution in [2.45, 2.75) is 101 Å². The van der Waals surface area contributed by atoms with Crippen LogP contribution in [0.4, 0.5) is 0 Å². The number of benzene rings is 1. The molecule has 2 N–H and O–H groups in total. The van der Waals surface area contributed by atoms with E-state index < -0.39 is 29.6 Å². The summed E-state index contributed by atoms with van der Waals surface area (Å²) in [4.78, 5) is 75.6. The lowest BCUT2D eigenvalue weighted by atomic mass is 9.87. The maximum atomic E-state index is 14.5. The highest BCUT2D eigenvalue weighted by atomic mass is 35.5. The van der Waals surface area contributed by atoms with Gasteiger partial charge in [-0.15, -0.1) is 0 Å². The summed E-state index contributed by atoms with van der Waals surface area (Å²) in [7, 11) is 0. The number of nitrogens with two attached hydrogens (primary N) is 1. The molecule has 11 heteroatoms. The van der Waals surface area contributed by atoms with E-state index in [2.05, 4.69) is 0 Å². The van der Waals surface area contributed by atoms with E-state index >= 15 is 0 Å². The van der Waals surface area contributed by atoms with Crippen LogP contribution in [0.2, 0.25) is 5.02 Å². The third-order valence-electron chi connectivity index (χ3n) is 11.1. The second-order valence-corrected chi connectivity index (χ2v) is 14.0. The van der Waals surface area contributed by atoms with Gasteiger partial charge in [-0.05, 0) is 63.0 Å². The van der Waals surface area contributed by atoms with Gasteiger partial charge in [0, 0.05) is 29.9 Å². The van der Waals surface area contributed by atoms with Crippen molar-refractivity contribution in [1.82, 2.24) is 19.6 Å². The van der Waals surface area contributed by atoms with Crippen molar-refractivity contribution in [3.63, 3.8) is 0 Å². The van der Waals surface area contributed by atoms with Gasteiger partial charge in [0.1, 0.15) is 23.7 Å². The largest absolute Gasteiger partial charge is 0.368 e. The number of likely N-dealkylation sites (tertiary alicyclic amines) is 2. The minimum atomic E-state index is -1.13. The van der Waals surface area contributed by atoms with Gasteiger partial charge in [-0.1, -0.05) is 68.5 Å². The highest BCUT2D eigenvalue weighted by Crippen LogP contribution is 2.43. The molecule has 0 aliphatic carbocycles. The number of carbonyl (C=O) groups excluding carboxylic acids is 5. The number of hydrogen-bond donors (Lipinski definition) is 1. The lowest BCUT2D eigenvalue weighted by Gasteiger charge is -2.45. The van der Waals surface area contributed by atoms with E-state index in [4.69, 9.17) is 17.3 Å². The Hall–Kier alpha value is -3.66. The average molecular weight is 650 g/mol. The Kier molecular flexibility index (Phi) is 8.54. The molecule has 46 heavy (non-hydrogen) atoms. The topological polar surface area (TPSA) is 124 Å². The molecule has 8 atom stereocenters. The molecule has 0 bridgehead atoms. The first-order chi connectivity index (χ1) is 21.6. The molecule has 7 rings (SSSR count). The predicted molar refractivity (Wildman–Crippen MR) is 173 cm³/mol. The lowest BCUT2D eigenvalue weighted by molar-refractivity contribution is -0.157. The Morgan fingerprint density at radius 1 is 0.957 bits per heavy atom. The van der Waals surface area contributed by atoms with Crippen molar-refractivity contribution < 1.29 is 24.0 Å². The summed E-state index contributed by atoms with van der Waals surface area (Å²) in [5.41, 5.74) is 5.43. The van der Waals surface area contributed by atoms with Crippen LogP contribution in [0.5, 0.6) is 0 Å². The molecular formula is C35H44ClN5O5. The fourth-order valence-electron chi connectivity index (χ4n) is 8.84. The molecule has 6 aliphatic heterocycles. The van der Waals surface area contributed by atoms with E-state index in [-0.39, 0.29) is 55.0 Å². The third-order valence-corrected chi connectivity index (χ3v) is 11.4. The number of hydrogen-bond acceptors (Lipinski definition) is 5. The molecular weight excluding hydrogens is 606 g/mol. The van der Waals surface area contributed by atoms with E-state index in [1.54, 1.807) is 19.6 Å². The first-order valence-corrected chi connectivity index (χ1v) is 16.7. The summed E-state index contributed by atoms with van der Waals surface area (Å²) >= 11 is 6.39. The maximum Gasteiger partial charge on any atom is 0.253 e. The first-order valence-electron chi connectivity index (χ1n) is 16.3. The number of primary amides is 1. The van der Waals surface area contributed by atoms with Crippen LogP contribution in [0.25, 0.3) is 0 Å². The molecule has 1 aromatic rings. The van der Waals surface area contributed by atoms with Gasteiger partial charge in [-0.3, -0.25) is 24.0 Å². The molecule has 4 saturated heterocycles. The van der Waals surface area contributed by atoms with Crippen molar-refractivity contribution in [2.24, 2.45) is 17.6 Å². The van der Waals surface area contributed by atoms with Crippen LogP contribution in [0.15, 0.2) is 48.6 Å². The molecule has 1 aromatic carbocycles. The van der Waals surface area contributed by atoms with Gasteiger partial charge in [0.25, 0.3) is 5.91 Å². The first kappa shape index (κ1) is 32.3. The van der Waals surface area contributed by atoms with Crippen molar-refractivity contribution in [2.75, 3.05) is 13.1 Å². The van der Waals surface area contributed by atoms with Gasteiger partial charge < -0.3 is 25.3 Å². The third kappa shape index (κ3) is 4.95. The van der Waals surface area contributed by atoms with E-state index in [0.29, 0.717) is 69.5 Å². The highest BCUT2D eigenvalue weighted by Gasteiger charge is 2.58. The summed E-state index contributed by atoms with van der Waals surface area (Å²) in [6.45, 7) is 2.74. The van der Waals surface area contributed by atoms with Gasteiger partial charge in [-0.25, -0.2) is 0 Å². The van der Waals surface area contributed by atoms with Gasteiger partial charge in [0.15, 0.2) is 0 Å². The van der Waals surface area contributed by atoms with E-state index in [1.165, 1.54) is 0 Å². The number of amides is 5. The number of carbonyl (C=O) groups is 5. The number of fused-ring (bicyclic) bond motifs is 3. The van der Waals surface area contributed by atoms with E-state index in [9.17, 15) is 24.0 Å². The summed E-state index contributed by atoms with van der Waals surface area (Å²) in [6, 6.07) is 4.92. The van der Waals surface area contributed by atoms with E-state index in [0.717, 1.165) is 5.56 Å². The van der Waals surface area contributed by atoms with Gasteiger partial charge in [-0.2, -0.15) is 0 Å².